The molecule has 1 fully saturated rings. The van der Waals surface area contributed by atoms with E-state index in [1.165, 1.54) is 16.5 Å². The zero-order chi connectivity index (χ0) is 12.5. The van der Waals surface area contributed by atoms with Crippen LogP contribution in [0.15, 0.2) is 22.3 Å². The summed E-state index contributed by atoms with van der Waals surface area (Å²) < 4.78 is 0. The molecule has 0 spiro atoms. The molecule has 0 bridgehead atoms. The first-order valence-electron chi connectivity index (χ1n) is 6.10. The minimum Gasteiger partial charge on any atom is -0.365 e. The molecule has 2 N–H and O–H groups in total. The molecule has 0 atom stereocenters. The Labute approximate surface area is 109 Å². The first-order valence-corrected chi connectivity index (χ1v) is 6.98. The van der Waals surface area contributed by atoms with Crippen LogP contribution >= 0.6 is 11.3 Å². The lowest BCUT2D eigenvalue weighted by molar-refractivity contribution is 0.904. The molecule has 2 heterocycles. The maximum Gasteiger partial charge on any atom is 0.252 e. The van der Waals surface area contributed by atoms with Crippen LogP contribution in [0.25, 0.3) is 0 Å². The molecular weight excluding hydrogens is 246 g/mol. The third kappa shape index (κ3) is 2.46. The van der Waals surface area contributed by atoms with Gasteiger partial charge in [0.15, 0.2) is 0 Å². The number of aromatic amines is 1. The van der Waals surface area contributed by atoms with E-state index in [0.29, 0.717) is 11.7 Å². The van der Waals surface area contributed by atoms with Gasteiger partial charge >= 0.3 is 0 Å². The molecule has 2 aromatic heterocycles. The average Bonchev–Trinajstić information content (AvgIpc) is 3.11. The Morgan fingerprint density at radius 2 is 2.39 bits per heavy atom. The van der Waals surface area contributed by atoms with Gasteiger partial charge < -0.3 is 10.3 Å². The predicted molar refractivity (Wildman–Crippen MR) is 73.2 cm³/mol. The zero-order valence-electron chi connectivity index (χ0n) is 10.2. The van der Waals surface area contributed by atoms with Crippen LogP contribution < -0.4 is 10.9 Å². The van der Waals surface area contributed by atoms with Crippen molar-refractivity contribution in [3.05, 3.63) is 44.1 Å². The number of thiophene rings is 1. The van der Waals surface area contributed by atoms with E-state index in [0.717, 1.165) is 25.2 Å². The van der Waals surface area contributed by atoms with Crippen molar-refractivity contribution in [2.75, 3.05) is 5.32 Å². The molecular formula is C13H15N3OS. The summed E-state index contributed by atoms with van der Waals surface area (Å²) in [4.78, 5) is 20.1. The lowest BCUT2D eigenvalue weighted by Crippen LogP contribution is -2.13. The number of nitrogens with zero attached hydrogens (tertiary/aromatic N) is 1. The van der Waals surface area contributed by atoms with E-state index in [1.54, 1.807) is 11.3 Å². The molecule has 1 saturated carbocycles. The molecule has 1 aliphatic carbocycles. The SMILES string of the molecule is Cc1ccsc1CNc1cc(=O)[nH]c(C2CC2)n1. The summed E-state index contributed by atoms with van der Waals surface area (Å²) in [5.41, 5.74) is 1.21. The van der Waals surface area contributed by atoms with E-state index in [2.05, 4.69) is 33.7 Å². The quantitative estimate of drug-likeness (QED) is 0.889. The second-order valence-electron chi connectivity index (χ2n) is 4.67. The summed E-state index contributed by atoms with van der Waals surface area (Å²) in [6, 6.07) is 3.62. The number of aryl methyl sites for hydroxylation is 1. The van der Waals surface area contributed by atoms with Crippen molar-refractivity contribution in [2.24, 2.45) is 0 Å². The van der Waals surface area contributed by atoms with Crippen LogP contribution in [0.3, 0.4) is 0 Å². The molecule has 0 radical (unpaired) electrons. The molecule has 1 aliphatic rings. The van der Waals surface area contributed by atoms with Gasteiger partial charge in [0.1, 0.15) is 11.6 Å². The third-order valence-electron chi connectivity index (χ3n) is 3.12. The van der Waals surface area contributed by atoms with Crippen molar-refractivity contribution in [3.63, 3.8) is 0 Å². The zero-order valence-corrected chi connectivity index (χ0v) is 11.0. The number of aromatic nitrogens is 2. The Bertz CT molecular complexity index is 613. The summed E-state index contributed by atoms with van der Waals surface area (Å²) in [6.45, 7) is 2.82. The number of rotatable bonds is 4. The fourth-order valence-corrected chi connectivity index (χ4v) is 2.72. The Morgan fingerprint density at radius 3 is 3.06 bits per heavy atom. The Hall–Kier alpha value is -1.62. The Kier molecular flexibility index (Phi) is 2.91. The summed E-state index contributed by atoms with van der Waals surface area (Å²) in [5, 5.41) is 5.31. The molecule has 0 unspecified atom stereocenters. The molecule has 94 valence electrons. The van der Waals surface area contributed by atoms with Crippen LogP contribution in [0.1, 0.15) is 35.0 Å². The second kappa shape index (κ2) is 4.57. The van der Waals surface area contributed by atoms with Crippen LogP contribution in [-0.4, -0.2) is 9.97 Å². The van der Waals surface area contributed by atoms with Crippen molar-refractivity contribution in [1.82, 2.24) is 9.97 Å². The minimum absolute atomic E-state index is 0.0719. The van der Waals surface area contributed by atoms with Crippen LogP contribution in [0.2, 0.25) is 0 Å². The molecule has 0 amide bonds. The predicted octanol–water partition coefficient (Wildman–Crippen LogP) is 2.63. The van der Waals surface area contributed by atoms with E-state index in [4.69, 9.17) is 0 Å². The molecule has 0 saturated heterocycles. The first-order chi connectivity index (χ1) is 8.72. The highest BCUT2D eigenvalue weighted by Crippen LogP contribution is 2.37. The minimum atomic E-state index is -0.0719. The van der Waals surface area contributed by atoms with Gasteiger partial charge in [0.05, 0.1) is 6.54 Å². The molecule has 0 aromatic carbocycles. The van der Waals surface area contributed by atoms with E-state index in [1.807, 2.05) is 0 Å². The lowest BCUT2D eigenvalue weighted by atomic mass is 10.3. The van der Waals surface area contributed by atoms with Crippen molar-refractivity contribution in [3.8, 4) is 0 Å². The topological polar surface area (TPSA) is 57.8 Å². The van der Waals surface area contributed by atoms with Crippen LogP contribution in [0.5, 0.6) is 0 Å². The maximum atomic E-state index is 11.5. The molecule has 3 rings (SSSR count). The Balaban J connectivity index is 1.76. The van der Waals surface area contributed by atoms with Gasteiger partial charge in [-0.2, -0.15) is 0 Å². The summed E-state index contributed by atoms with van der Waals surface area (Å²) in [7, 11) is 0. The number of anilines is 1. The van der Waals surface area contributed by atoms with Crippen LogP contribution in [0.4, 0.5) is 5.82 Å². The number of hydrogen-bond acceptors (Lipinski definition) is 4. The molecule has 18 heavy (non-hydrogen) atoms. The molecule has 4 nitrogen and oxygen atoms in total. The van der Waals surface area contributed by atoms with Gasteiger partial charge in [-0.1, -0.05) is 0 Å². The van der Waals surface area contributed by atoms with Crippen molar-refractivity contribution in [2.45, 2.75) is 32.2 Å². The van der Waals surface area contributed by atoms with Crippen LogP contribution in [-0.2, 0) is 6.54 Å². The molecule has 2 aromatic rings. The third-order valence-corrected chi connectivity index (χ3v) is 4.15. The highest BCUT2D eigenvalue weighted by molar-refractivity contribution is 7.10. The van der Waals surface area contributed by atoms with Gasteiger partial charge in [-0.05, 0) is 36.8 Å². The largest absolute Gasteiger partial charge is 0.365 e. The molecule has 5 heteroatoms. The monoisotopic (exact) mass is 261 g/mol. The fourth-order valence-electron chi connectivity index (χ4n) is 1.87. The first kappa shape index (κ1) is 11.5. The van der Waals surface area contributed by atoms with Crippen molar-refractivity contribution in [1.29, 1.82) is 0 Å². The summed E-state index contributed by atoms with van der Waals surface area (Å²) in [5.74, 6) is 1.96. The van der Waals surface area contributed by atoms with E-state index in [-0.39, 0.29) is 5.56 Å². The summed E-state index contributed by atoms with van der Waals surface area (Å²) in [6.07, 6.45) is 2.27. The smallest absolute Gasteiger partial charge is 0.252 e. The van der Waals surface area contributed by atoms with Gasteiger partial charge in [-0.15, -0.1) is 11.3 Å². The van der Waals surface area contributed by atoms with E-state index < -0.39 is 0 Å². The van der Waals surface area contributed by atoms with E-state index in [9.17, 15) is 4.79 Å². The normalized spacial score (nSPS) is 14.7. The number of hydrogen-bond donors (Lipinski definition) is 2. The van der Waals surface area contributed by atoms with E-state index >= 15 is 0 Å². The summed E-state index contributed by atoms with van der Waals surface area (Å²) >= 11 is 1.72. The van der Waals surface area contributed by atoms with Crippen molar-refractivity contribution >= 4 is 17.2 Å². The average molecular weight is 261 g/mol. The highest BCUT2D eigenvalue weighted by Gasteiger charge is 2.26. The lowest BCUT2D eigenvalue weighted by Gasteiger charge is -2.06. The Morgan fingerprint density at radius 1 is 1.56 bits per heavy atom. The van der Waals surface area contributed by atoms with Gasteiger partial charge in [0.2, 0.25) is 0 Å². The van der Waals surface area contributed by atoms with Gasteiger partial charge in [-0.25, -0.2) is 4.98 Å². The highest BCUT2D eigenvalue weighted by atomic mass is 32.1. The van der Waals surface area contributed by atoms with Gasteiger partial charge in [-0.3, -0.25) is 4.79 Å². The standard InChI is InChI=1S/C13H15N3OS/c1-8-4-5-18-10(8)7-14-11-6-12(17)16-13(15-11)9-2-3-9/h4-6,9H,2-3,7H2,1H3,(H2,14,15,16,17). The maximum absolute atomic E-state index is 11.5. The number of nitrogens with one attached hydrogen (secondary N) is 2. The fraction of sp³-hybridized carbons (Fsp3) is 0.385. The van der Waals surface area contributed by atoms with Gasteiger partial charge in [0, 0.05) is 16.9 Å². The number of H-pyrrole nitrogens is 1. The molecule has 0 aliphatic heterocycles. The second-order valence-corrected chi connectivity index (χ2v) is 5.67. The van der Waals surface area contributed by atoms with Gasteiger partial charge in [0.25, 0.3) is 5.56 Å². The van der Waals surface area contributed by atoms with Crippen molar-refractivity contribution < 1.29 is 0 Å². The van der Waals surface area contributed by atoms with Crippen LogP contribution in [0, 0.1) is 6.92 Å².